The van der Waals surface area contributed by atoms with Gasteiger partial charge >= 0.3 is 0 Å². The second-order valence-corrected chi connectivity index (χ2v) is 6.55. The third kappa shape index (κ3) is 2.39. The van der Waals surface area contributed by atoms with E-state index in [1.807, 2.05) is 24.5 Å². The van der Waals surface area contributed by atoms with Gasteiger partial charge in [-0.2, -0.15) is 4.37 Å². The summed E-state index contributed by atoms with van der Waals surface area (Å²) in [5.74, 6) is 1.53. The summed E-state index contributed by atoms with van der Waals surface area (Å²) in [5, 5.41) is 11.9. The molecule has 4 heterocycles. The van der Waals surface area contributed by atoms with E-state index in [1.54, 1.807) is 0 Å². The molecule has 1 N–H and O–H groups in total. The second-order valence-electron chi connectivity index (χ2n) is 5.79. The summed E-state index contributed by atoms with van der Waals surface area (Å²) in [6.07, 6.45) is 3.02. The molecule has 1 aliphatic heterocycles. The molecule has 1 aliphatic rings. The highest BCUT2D eigenvalue weighted by atomic mass is 32.1. The Kier molecular flexibility index (Phi) is 3.33. The fourth-order valence-corrected chi connectivity index (χ4v) is 3.86. The quantitative estimate of drug-likeness (QED) is 0.781. The number of amides is 1. The molecule has 118 valence electrons. The highest BCUT2D eigenvalue weighted by Crippen LogP contribution is 2.29. The van der Waals surface area contributed by atoms with Gasteiger partial charge in [-0.1, -0.05) is 0 Å². The summed E-state index contributed by atoms with van der Waals surface area (Å²) in [4.78, 5) is 17.9. The number of aromatic nitrogens is 5. The SMILES string of the molecule is Cc1cc(C)c2c(NC(=O)c3nnc4n3CCCC4)nsc2n1. The van der Waals surface area contributed by atoms with Crippen LogP contribution in [-0.4, -0.2) is 30.0 Å². The first-order valence-electron chi connectivity index (χ1n) is 7.60. The van der Waals surface area contributed by atoms with Crippen molar-refractivity contribution in [1.29, 1.82) is 0 Å². The molecule has 3 aromatic rings. The van der Waals surface area contributed by atoms with Gasteiger partial charge < -0.3 is 9.88 Å². The van der Waals surface area contributed by atoms with E-state index in [1.165, 1.54) is 11.5 Å². The van der Waals surface area contributed by atoms with Gasteiger partial charge in [0.25, 0.3) is 5.91 Å². The van der Waals surface area contributed by atoms with E-state index in [4.69, 9.17) is 0 Å². The molecule has 0 atom stereocenters. The molecule has 0 saturated heterocycles. The molecule has 7 nitrogen and oxygen atoms in total. The summed E-state index contributed by atoms with van der Waals surface area (Å²) in [5.41, 5.74) is 2.00. The number of pyridine rings is 1. The summed E-state index contributed by atoms with van der Waals surface area (Å²) in [7, 11) is 0. The first kappa shape index (κ1) is 14.3. The van der Waals surface area contributed by atoms with Gasteiger partial charge in [0.15, 0.2) is 5.82 Å². The predicted molar refractivity (Wildman–Crippen MR) is 87.8 cm³/mol. The van der Waals surface area contributed by atoms with Crippen molar-refractivity contribution in [1.82, 2.24) is 24.1 Å². The maximum Gasteiger partial charge on any atom is 0.294 e. The molecule has 3 aromatic heterocycles. The van der Waals surface area contributed by atoms with Crippen LogP contribution in [0.1, 0.15) is 40.5 Å². The summed E-state index contributed by atoms with van der Waals surface area (Å²) in [6, 6.07) is 1.99. The van der Waals surface area contributed by atoms with E-state index >= 15 is 0 Å². The van der Waals surface area contributed by atoms with Crippen LogP contribution in [-0.2, 0) is 13.0 Å². The molecule has 0 spiro atoms. The molecule has 0 radical (unpaired) electrons. The van der Waals surface area contributed by atoms with E-state index in [0.717, 1.165) is 53.1 Å². The summed E-state index contributed by atoms with van der Waals surface area (Å²) >= 11 is 1.29. The Bertz CT molecular complexity index is 912. The minimum atomic E-state index is -0.266. The first-order valence-corrected chi connectivity index (χ1v) is 8.38. The van der Waals surface area contributed by atoms with Gasteiger partial charge in [-0.15, -0.1) is 10.2 Å². The van der Waals surface area contributed by atoms with Crippen molar-refractivity contribution in [3.63, 3.8) is 0 Å². The third-order valence-electron chi connectivity index (χ3n) is 4.07. The normalized spacial score (nSPS) is 14.0. The van der Waals surface area contributed by atoms with Crippen LogP contribution in [0.2, 0.25) is 0 Å². The van der Waals surface area contributed by atoms with E-state index < -0.39 is 0 Å². The lowest BCUT2D eigenvalue weighted by Crippen LogP contribution is -2.21. The van der Waals surface area contributed by atoms with Gasteiger partial charge in [0.1, 0.15) is 10.7 Å². The van der Waals surface area contributed by atoms with Gasteiger partial charge in [-0.25, -0.2) is 4.98 Å². The van der Waals surface area contributed by atoms with Crippen molar-refractivity contribution in [2.75, 3.05) is 5.32 Å². The van der Waals surface area contributed by atoms with Gasteiger partial charge in [-0.05, 0) is 49.9 Å². The number of anilines is 1. The number of aryl methyl sites for hydroxylation is 3. The Morgan fingerprint density at radius 1 is 1.30 bits per heavy atom. The molecule has 4 rings (SSSR count). The maximum absolute atomic E-state index is 12.6. The van der Waals surface area contributed by atoms with Gasteiger partial charge in [0, 0.05) is 18.7 Å². The monoisotopic (exact) mass is 328 g/mol. The van der Waals surface area contributed by atoms with Crippen LogP contribution >= 0.6 is 11.5 Å². The molecule has 0 aromatic carbocycles. The standard InChI is InChI=1S/C15H16N6OS/c1-8-7-9(2)16-15-11(8)12(20-23-15)17-14(22)13-19-18-10-5-3-4-6-21(10)13/h7H,3-6H2,1-2H3,(H,17,20,22). The van der Waals surface area contributed by atoms with Gasteiger partial charge in [0.2, 0.25) is 5.82 Å². The molecule has 1 amide bonds. The number of hydrogen-bond donors (Lipinski definition) is 1. The van der Waals surface area contributed by atoms with Crippen LogP contribution < -0.4 is 5.32 Å². The second kappa shape index (κ2) is 5.38. The molecule has 0 saturated carbocycles. The number of nitrogens with one attached hydrogen (secondary N) is 1. The molecule has 0 aliphatic carbocycles. The summed E-state index contributed by atoms with van der Waals surface area (Å²) < 4.78 is 6.25. The largest absolute Gasteiger partial charge is 0.307 e. The number of nitrogens with zero attached hydrogens (tertiary/aromatic N) is 5. The molecular weight excluding hydrogens is 312 g/mol. The molecular formula is C15H16N6OS. The van der Waals surface area contributed by atoms with Gasteiger partial charge in [-0.3, -0.25) is 4.79 Å². The number of rotatable bonds is 2. The lowest BCUT2D eigenvalue weighted by molar-refractivity contribution is 0.101. The van der Waals surface area contributed by atoms with Crippen LogP contribution in [0, 0.1) is 13.8 Å². The predicted octanol–water partition coefficient (Wildman–Crippen LogP) is 2.49. The Hall–Kier alpha value is -2.35. The Balaban J connectivity index is 1.68. The zero-order valence-electron chi connectivity index (χ0n) is 13.0. The number of carbonyl (C=O) groups is 1. The molecule has 0 fully saturated rings. The molecule has 23 heavy (non-hydrogen) atoms. The summed E-state index contributed by atoms with van der Waals surface area (Å²) in [6.45, 7) is 4.75. The third-order valence-corrected chi connectivity index (χ3v) is 4.81. The van der Waals surface area contributed by atoms with Crippen LogP contribution in [0.15, 0.2) is 6.07 Å². The van der Waals surface area contributed by atoms with Crippen molar-refractivity contribution in [2.45, 2.75) is 39.7 Å². The maximum atomic E-state index is 12.6. The first-order chi connectivity index (χ1) is 11.1. The average molecular weight is 328 g/mol. The molecule has 8 heteroatoms. The van der Waals surface area contributed by atoms with E-state index in [9.17, 15) is 4.79 Å². The zero-order chi connectivity index (χ0) is 16.0. The van der Waals surface area contributed by atoms with E-state index in [0.29, 0.717) is 11.6 Å². The van der Waals surface area contributed by atoms with Crippen molar-refractivity contribution >= 4 is 33.5 Å². The fourth-order valence-electron chi connectivity index (χ4n) is 3.02. The van der Waals surface area contributed by atoms with Crippen LogP contribution in [0.4, 0.5) is 5.82 Å². The fraction of sp³-hybridized carbons (Fsp3) is 0.400. The molecule has 0 bridgehead atoms. The average Bonchev–Trinajstić information content (AvgIpc) is 3.11. The van der Waals surface area contributed by atoms with Crippen LogP contribution in [0.3, 0.4) is 0 Å². The minimum Gasteiger partial charge on any atom is -0.307 e. The number of carbonyl (C=O) groups excluding carboxylic acids is 1. The Morgan fingerprint density at radius 2 is 2.17 bits per heavy atom. The van der Waals surface area contributed by atoms with Crippen LogP contribution in [0.5, 0.6) is 0 Å². The Morgan fingerprint density at radius 3 is 3.04 bits per heavy atom. The van der Waals surface area contributed by atoms with Gasteiger partial charge in [0.05, 0.1) is 5.39 Å². The van der Waals surface area contributed by atoms with Crippen molar-refractivity contribution in [3.8, 4) is 0 Å². The Labute approximate surface area is 136 Å². The van der Waals surface area contributed by atoms with Crippen LogP contribution in [0.25, 0.3) is 10.2 Å². The van der Waals surface area contributed by atoms with Crippen molar-refractivity contribution in [3.05, 3.63) is 29.0 Å². The number of hydrogen-bond acceptors (Lipinski definition) is 6. The highest BCUT2D eigenvalue weighted by molar-refractivity contribution is 7.13. The minimum absolute atomic E-state index is 0.266. The lowest BCUT2D eigenvalue weighted by atomic mass is 10.1. The zero-order valence-corrected chi connectivity index (χ0v) is 13.8. The smallest absolute Gasteiger partial charge is 0.294 e. The van der Waals surface area contributed by atoms with Crippen molar-refractivity contribution in [2.24, 2.45) is 0 Å². The topological polar surface area (TPSA) is 85.6 Å². The molecule has 0 unspecified atom stereocenters. The number of fused-ring (bicyclic) bond motifs is 2. The van der Waals surface area contributed by atoms with Crippen molar-refractivity contribution < 1.29 is 4.79 Å². The van der Waals surface area contributed by atoms with E-state index in [2.05, 4.69) is 24.9 Å². The van der Waals surface area contributed by atoms with E-state index in [-0.39, 0.29) is 5.91 Å². The lowest BCUT2D eigenvalue weighted by Gasteiger charge is -2.14. The highest BCUT2D eigenvalue weighted by Gasteiger charge is 2.22.